The second kappa shape index (κ2) is 9.79. The molecule has 190 valence electrons. The van der Waals surface area contributed by atoms with Crippen molar-refractivity contribution in [1.82, 2.24) is 15.1 Å². The van der Waals surface area contributed by atoms with Crippen LogP contribution in [0, 0.1) is 5.82 Å². The monoisotopic (exact) mass is 495 g/mol. The van der Waals surface area contributed by atoms with Crippen molar-refractivity contribution in [3.63, 3.8) is 0 Å². The molecule has 2 aromatic carbocycles. The number of nitrogens with one attached hydrogen (secondary N) is 1. The molecule has 0 aromatic heterocycles. The van der Waals surface area contributed by atoms with Crippen LogP contribution in [0.2, 0.25) is 0 Å². The molecule has 2 saturated heterocycles. The fourth-order valence-electron chi connectivity index (χ4n) is 5.36. The molecular weight excluding hydrogens is 465 g/mol. The molecule has 2 fully saturated rings. The van der Waals surface area contributed by atoms with Gasteiger partial charge in [0.25, 0.3) is 5.91 Å². The zero-order valence-corrected chi connectivity index (χ0v) is 20.3. The lowest BCUT2D eigenvalue weighted by atomic mass is 9.85. The van der Waals surface area contributed by atoms with Crippen molar-refractivity contribution in [2.24, 2.45) is 0 Å². The largest absolute Gasteiger partial charge is 0.486 e. The molecule has 4 amide bonds. The highest BCUT2D eigenvalue weighted by molar-refractivity contribution is 6.09. The Morgan fingerprint density at radius 2 is 1.86 bits per heavy atom. The van der Waals surface area contributed by atoms with Gasteiger partial charge in [0.15, 0.2) is 11.5 Å². The molecule has 36 heavy (non-hydrogen) atoms. The maximum absolute atomic E-state index is 13.6. The van der Waals surface area contributed by atoms with Crippen LogP contribution in [0.5, 0.6) is 11.5 Å². The number of carbonyl (C=O) groups is 3. The summed E-state index contributed by atoms with van der Waals surface area (Å²) >= 11 is 0. The molecule has 2 atom stereocenters. The van der Waals surface area contributed by atoms with Gasteiger partial charge in [-0.25, -0.2) is 9.18 Å². The highest BCUT2D eigenvalue weighted by atomic mass is 19.1. The average molecular weight is 496 g/mol. The van der Waals surface area contributed by atoms with Crippen molar-refractivity contribution < 1.29 is 28.2 Å². The van der Waals surface area contributed by atoms with Crippen LogP contribution in [0.15, 0.2) is 42.5 Å². The summed E-state index contributed by atoms with van der Waals surface area (Å²) in [6.45, 7) is 3.17. The third kappa shape index (κ3) is 4.27. The van der Waals surface area contributed by atoms with Crippen molar-refractivity contribution in [2.45, 2.75) is 50.6 Å². The summed E-state index contributed by atoms with van der Waals surface area (Å²) in [5.41, 5.74) is 0.147. The average Bonchev–Trinajstić information content (AvgIpc) is 3.47. The van der Waals surface area contributed by atoms with Gasteiger partial charge in [-0.05, 0) is 54.7 Å². The molecular formula is C27H30FN3O5. The molecule has 0 aliphatic carbocycles. The molecule has 0 radical (unpaired) electrons. The predicted octanol–water partition coefficient (Wildman–Crippen LogP) is 3.90. The summed E-state index contributed by atoms with van der Waals surface area (Å²) < 4.78 is 24.9. The number of ether oxygens (including phenoxy) is 2. The van der Waals surface area contributed by atoms with Crippen LogP contribution in [0.4, 0.5) is 9.18 Å². The summed E-state index contributed by atoms with van der Waals surface area (Å²) in [7, 11) is 0. The number of urea groups is 1. The number of halogens is 1. The van der Waals surface area contributed by atoms with E-state index in [2.05, 4.69) is 5.32 Å². The van der Waals surface area contributed by atoms with Crippen LogP contribution in [-0.4, -0.2) is 53.9 Å². The van der Waals surface area contributed by atoms with Crippen molar-refractivity contribution in [3.8, 4) is 11.5 Å². The molecule has 3 aliphatic rings. The second-order valence-corrected chi connectivity index (χ2v) is 9.49. The third-order valence-electron chi connectivity index (χ3n) is 7.24. The summed E-state index contributed by atoms with van der Waals surface area (Å²) in [6, 6.07) is 10.5. The number of hydrogen-bond acceptors (Lipinski definition) is 5. The number of carbonyl (C=O) groups excluding carboxylic acids is 3. The quantitative estimate of drug-likeness (QED) is 0.589. The van der Waals surface area contributed by atoms with Crippen molar-refractivity contribution in [2.75, 3.05) is 26.3 Å². The highest BCUT2D eigenvalue weighted by Crippen LogP contribution is 2.39. The van der Waals surface area contributed by atoms with Crippen LogP contribution < -0.4 is 14.8 Å². The second-order valence-electron chi connectivity index (χ2n) is 9.49. The van der Waals surface area contributed by atoms with Gasteiger partial charge in [0, 0.05) is 6.54 Å². The Labute approximate surface area is 209 Å². The van der Waals surface area contributed by atoms with E-state index in [1.54, 1.807) is 4.90 Å². The van der Waals surface area contributed by atoms with Gasteiger partial charge in [-0.1, -0.05) is 38.0 Å². The smallest absolute Gasteiger partial charge is 0.325 e. The minimum Gasteiger partial charge on any atom is -0.486 e. The van der Waals surface area contributed by atoms with E-state index in [0.29, 0.717) is 49.7 Å². The van der Waals surface area contributed by atoms with E-state index < -0.39 is 23.3 Å². The van der Waals surface area contributed by atoms with Crippen molar-refractivity contribution in [3.05, 3.63) is 59.4 Å². The van der Waals surface area contributed by atoms with Crippen LogP contribution in [0.1, 0.15) is 56.2 Å². The lowest BCUT2D eigenvalue weighted by molar-refractivity contribution is -0.139. The number of likely N-dealkylation sites (tertiary alicyclic amines) is 1. The SMILES string of the molecule is CCCC[C@]1(c2ccc(F)cc2)NC(=O)N(CC(=O)N2CCC[C@@H]2c2ccc3c(c2)OCCO3)C1=O. The minimum absolute atomic E-state index is 0.170. The molecule has 3 aliphatic heterocycles. The first kappa shape index (κ1) is 24.1. The van der Waals surface area contributed by atoms with E-state index in [4.69, 9.17) is 9.47 Å². The molecule has 8 nitrogen and oxygen atoms in total. The molecule has 9 heteroatoms. The predicted molar refractivity (Wildman–Crippen MR) is 129 cm³/mol. The van der Waals surface area contributed by atoms with Crippen LogP contribution in [0.3, 0.4) is 0 Å². The first-order valence-corrected chi connectivity index (χ1v) is 12.5. The lowest BCUT2D eigenvalue weighted by Crippen LogP contribution is -2.45. The summed E-state index contributed by atoms with van der Waals surface area (Å²) in [5.74, 6) is 0.154. The molecule has 0 saturated carbocycles. The van der Waals surface area contributed by atoms with Gasteiger partial charge < -0.3 is 19.7 Å². The Morgan fingerprint density at radius 1 is 1.11 bits per heavy atom. The topological polar surface area (TPSA) is 88.2 Å². The fraction of sp³-hybridized carbons (Fsp3) is 0.444. The number of hydrogen-bond donors (Lipinski definition) is 1. The Kier molecular flexibility index (Phi) is 6.55. The Morgan fingerprint density at radius 3 is 2.61 bits per heavy atom. The van der Waals surface area contributed by atoms with Gasteiger partial charge in [0.1, 0.15) is 31.1 Å². The van der Waals surface area contributed by atoms with Gasteiger partial charge in [-0.2, -0.15) is 0 Å². The van der Waals surface area contributed by atoms with Crippen LogP contribution in [-0.2, 0) is 15.1 Å². The first-order valence-electron chi connectivity index (χ1n) is 12.5. The zero-order chi connectivity index (χ0) is 25.3. The van der Waals surface area contributed by atoms with E-state index in [-0.39, 0.29) is 18.5 Å². The van der Waals surface area contributed by atoms with E-state index in [1.165, 1.54) is 24.3 Å². The van der Waals surface area contributed by atoms with Gasteiger partial charge in [-0.3, -0.25) is 14.5 Å². The maximum atomic E-state index is 13.6. The normalized spacial score (nSPS) is 23.2. The number of nitrogens with zero attached hydrogens (tertiary/aromatic N) is 2. The van der Waals surface area contributed by atoms with Crippen LogP contribution in [0.25, 0.3) is 0 Å². The molecule has 0 bridgehead atoms. The molecule has 3 heterocycles. The van der Waals surface area contributed by atoms with Crippen LogP contribution >= 0.6 is 0 Å². The third-order valence-corrected chi connectivity index (χ3v) is 7.24. The van der Waals surface area contributed by atoms with E-state index in [1.807, 2.05) is 25.1 Å². The highest BCUT2D eigenvalue weighted by Gasteiger charge is 2.52. The molecule has 0 unspecified atom stereocenters. The number of unbranched alkanes of at least 4 members (excludes halogenated alkanes) is 1. The molecule has 2 aromatic rings. The van der Waals surface area contributed by atoms with Crippen molar-refractivity contribution in [1.29, 1.82) is 0 Å². The fourth-order valence-corrected chi connectivity index (χ4v) is 5.36. The van der Waals surface area contributed by atoms with Gasteiger partial charge >= 0.3 is 6.03 Å². The number of benzene rings is 2. The number of rotatable bonds is 7. The lowest BCUT2D eigenvalue weighted by Gasteiger charge is -2.29. The number of fused-ring (bicyclic) bond motifs is 1. The van der Waals surface area contributed by atoms with E-state index in [9.17, 15) is 18.8 Å². The molecule has 5 rings (SSSR count). The Bertz CT molecular complexity index is 1170. The maximum Gasteiger partial charge on any atom is 0.325 e. The molecule has 1 N–H and O–H groups in total. The van der Waals surface area contributed by atoms with Gasteiger partial charge in [0.2, 0.25) is 5.91 Å². The van der Waals surface area contributed by atoms with E-state index in [0.717, 1.165) is 29.7 Å². The van der Waals surface area contributed by atoms with Gasteiger partial charge in [-0.15, -0.1) is 0 Å². The van der Waals surface area contributed by atoms with Crippen molar-refractivity contribution >= 4 is 17.8 Å². The summed E-state index contributed by atoms with van der Waals surface area (Å²) in [5, 5.41) is 2.82. The first-order chi connectivity index (χ1) is 17.4. The minimum atomic E-state index is -1.30. The zero-order valence-electron chi connectivity index (χ0n) is 20.3. The standard InChI is InChI=1S/C27H30FN3O5/c1-2-3-12-27(19-7-9-20(28)10-8-19)25(33)31(26(34)29-27)17-24(32)30-13-4-5-21(30)18-6-11-22-23(16-18)36-15-14-35-22/h6-11,16,21H,2-5,12-15,17H2,1H3,(H,29,34)/t21-,27-/m1/s1. The van der Waals surface area contributed by atoms with Gasteiger partial charge in [0.05, 0.1) is 6.04 Å². The van der Waals surface area contributed by atoms with E-state index >= 15 is 0 Å². The Balaban J connectivity index is 1.36. The Hall–Kier alpha value is -3.62. The molecule has 0 spiro atoms. The number of amides is 4. The summed E-state index contributed by atoms with van der Waals surface area (Å²) in [4.78, 5) is 42.8. The summed E-state index contributed by atoms with van der Waals surface area (Å²) in [6.07, 6.45) is 3.47. The number of imide groups is 1.